The van der Waals surface area contributed by atoms with Gasteiger partial charge in [0, 0.05) is 19.0 Å². The van der Waals surface area contributed by atoms with E-state index in [9.17, 15) is 14.3 Å². The van der Waals surface area contributed by atoms with Crippen molar-refractivity contribution in [2.24, 2.45) is 5.92 Å². The number of halogens is 2. The van der Waals surface area contributed by atoms with Gasteiger partial charge in [0.25, 0.3) is 0 Å². The Bertz CT molecular complexity index is 504. The van der Waals surface area contributed by atoms with Crippen LogP contribution in [0.2, 0.25) is 0 Å². The first-order valence-corrected chi connectivity index (χ1v) is 8.40. The van der Waals surface area contributed by atoms with Crippen molar-refractivity contribution in [2.75, 3.05) is 19.6 Å². The summed E-state index contributed by atoms with van der Waals surface area (Å²) >= 11 is 0. The monoisotopic (exact) mass is 358 g/mol. The Hall–Kier alpha value is -1.17. The number of aliphatic hydroxyl groups is 1. The highest BCUT2D eigenvalue weighted by molar-refractivity contribution is 5.85. The van der Waals surface area contributed by atoms with Crippen molar-refractivity contribution in [3.05, 3.63) is 35.6 Å². The third-order valence-electron chi connectivity index (χ3n) is 4.17. The predicted molar refractivity (Wildman–Crippen MR) is 95.7 cm³/mol. The smallest absolute Gasteiger partial charge is 0.224 e. The molecule has 1 saturated heterocycles. The molecule has 1 aliphatic heterocycles. The third kappa shape index (κ3) is 6.38. The average molecular weight is 359 g/mol. The molecule has 0 aromatic heterocycles. The number of nitrogens with zero attached hydrogens (tertiary/aromatic N) is 1. The third-order valence-corrected chi connectivity index (χ3v) is 4.17. The van der Waals surface area contributed by atoms with Gasteiger partial charge in [0.1, 0.15) is 5.82 Å². The van der Waals surface area contributed by atoms with Gasteiger partial charge in [0.05, 0.1) is 12.6 Å². The van der Waals surface area contributed by atoms with Gasteiger partial charge in [0.15, 0.2) is 0 Å². The van der Waals surface area contributed by atoms with Crippen LogP contribution in [0.15, 0.2) is 24.3 Å². The number of nitrogens with one attached hydrogen (secondary N) is 1. The Morgan fingerprint density at radius 1 is 1.33 bits per heavy atom. The Morgan fingerprint density at radius 3 is 2.54 bits per heavy atom. The Labute approximate surface area is 149 Å². The van der Waals surface area contributed by atoms with Crippen LogP contribution in [0, 0.1) is 11.7 Å². The number of carbonyl (C=O) groups excluding carboxylic acids is 1. The lowest BCUT2D eigenvalue weighted by Crippen LogP contribution is -2.40. The number of amides is 1. The summed E-state index contributed by atoms with van der Waals surface area (Å²) in [5, 5.41) is 13.7. The first-order valence-electron chi connectivity index (χ1n) is 8.40. The fourth-order valence-electron chi connectivity index (χ4n) is 2.99. The molecule has 2 N–H and O–H groups in total. The van der Waals surface area contributed by atoms with E-state index >= 15 is 0 Å². The lowest BCUT2D eigenvalue weighted by molar-refractivity contribution is -0.133. The largest absolute Gasteiger partial charge is 0.387 e. The molecular formula is C18H28ClFN2O2. The van der Waals surface area contributed by atoms with E-state index in [2.05, 4.69) is 19.2 Å². The van der Waals surface area contributed by atoms with Crippen molar-refractivity contribution in [2.45, 2.75) is 45.3 Å². The number of benzene rings is 1. The van der Waals surface area contributed by atoms with Crippen LogP contribution in [0.5, 0.6) is 0 Å². The Morgan fingerprint density at radius 2 is 2.00 bits per heavy atom. The van der Waals surface area contributed by atoms with E-state index in [1.54, 1.807) is 17.0 Å². The maximum absolute atomic E-state index is 13.0. The van der Waals surface area contributed by atoms with Crippen molar-refractivity contribution in [3.63, 3.8) is 0 Å². The quantitative estimate of drug-likeness (QED) is 0.788. The molecule has 136 valence electrons. The van der Waals surface area contributed by atoms with Crippen LogP contribution in [0.4, 0.5) is 4.39 Å². The van der Waals surface area contributed by atoms with Crippen LogP contribution < -0.4 is 5.32 Å². The van der Waals surface area contributed by atoms with Gasteiger partial charge in [-0.3, -0.25) is 4.79 Å². The predicted octanol–water partition coefficient (Wildman–Crippen LogP) is 2.91. The van der Waals surface area contributed by atoms with Gasteiger partial charge < -0.3 is 15.3 Å². The van der Waals surface area contributed by atoms with Crippen LogP contribution in [0.1, 0.15) is 44.8 Å². The lowest BCUT2D eigenvalue weighted by atomic mass is 10.1. The van der Waals surface area contributed by atoms with E-state index < -0.39 is 6.10 Å². The van der Waals surface area contributed by atoms with E-state index in [4.69, 9.17) is 0 Å². The first-order chi connectivity index (χ1) is 11.0. The summed E-state index contributed by atoms with van der Waals surface area (Å²) in [6, 6.07) is 6.04. The first kappa shape index (κ1) is 20.9. The summed E-state index contributed by atoms with van der Waals surface area (Å²) in [6.45, 7) is 5.94. The van der Waals surface area contributed by atoms with Gasteiger partial charge in [-0.1, -0.05) is 26.0 Å². The molecule has 0 radical (unpaired) electrons. The second kappa shape index (κ2) is 9.97. The molecule has 0 aliphatic carbocycles. The molecular weight excluding hydrogens is 331 g/mol. The van der Waals surface area contributed by atoms with Crippen LogP contribution >= 0.6 is 12.4 Å². The second-order valence-corrected chi connectivity index (χ2v) is 6.76. The fourth-order valence-corrected chi connectivity index (χ4v) is 2.99. The van der Waals surface area contributed by atoms with Crippen molar-refractivity contribution in [1.82, 2.24) is 10.2 Å². The normalized spacial score (nSPS) is 18.3. The number of hydrogen-bond donors (Lipinski definition) is 2. The van der Waals surface area contributed by atoms with Gasteiger partial charge >= 0.3 is 0 Å². The van der Waals surface area contributed by atoms with Crippen LogP contribution in [-0.4, -0.2) is 41.6 Å². The molecule has 1 heterocycles. The second-order valence-electron chi connectivity index (χ2n) is 6.76. The van der Waals surface area contributed by atoms with Crippen LogP contribution in [0.25, 0.3) is 0 Å². The van der Waals surface area contributed by atoms with Crippen LogP contribution in [-0.2, 0) is 4.79 Å². The van der Waals surface area contributed by atoms with E-state index in [-0.39, 0.29) is 36.7 Å². The summed E-state index contributed by atoms with van der Waals surface area (Å²) in [7, 11) is 0. The average Bonchev–Trinajstić information content (AvgIpc) is 2.99. The molecule has 1 aromatic rings. The topological polar surface area (TPSA) is 52.6 Å². The molecule has 6 heteroatoms. The van der Waals surface area contributed by atoms with E-state index in [0.29, 0.717) is 24.4 Å². The molecule has 2 rings (SSSR count). The molecule has 1 aliphatic rings. The van der Waals surface area contributed by atoms with Gasteiger partial charge in [-0.25, -0.2) is 4.39 Å². The Balaban J connectivity index is 0.00000288. The van der Waals surface area contributed by atoms with Crippen LogP contribution in [0.3, 0.4) is 0 Å². The Kier molecular flexibility index (Phi) is 8.67. The summed E-state index contributed by atoms with van der Waals surface area (Å²) < 4.78 is 13.0. The van der Waals surface area contributed by atoms with Gasteiger partial charge in [-0.05, 0) is 43.0 Å². The van der Waals surface area contributed by atoms with Gasteiger partial charge in [-0.2, -0.15) is 0 Å². The van der Waals surface area contributed by atoms with Crippen molar-refractivity contribution >= 4 is 18.3 Å². The molecule has 2 atom stereocenters. The van der Waals surface area contributed by atoms with Crippen molar-refractivity contribution in [3.8, 4) is 0 Å². The minimum atomic E-state index is -0.796. The van der Waals surface area contributed by atoms with E-state index in [1.807, 2.05) is 0 Å². The minimum absolute atomic E-state index is 0. The summed E-state index contributed by atoms with van der Waals surface area (Å²) in [4.78, 5) is 14.3. The van der Waals surface area contributed by atoms with Crippen molar-refractivity contribution in [1.29, 1.82) is 0 Å². The zero-order valence-electron chi connectivity index (χ0n) is 14.4. The molecule has 0 spiro atoms. The van der Waals surface area contributed by atoms with Gasteiger partial charge in [-0.15, -0.1) is 12.4 Å². The standard InChI is InChI=1S/C18H27FN2O2.ClH/c1-13(2)11-21(18(23)10-16-4-3-9-20-16)12-17(22)14-5-7-15(19)8-6-14;/h5-8,13,16-17,20,22H,3-4,9-12H2,1-2H3;1H. The highest BCUT2D eigenvalue weighted by Crippen LogP contribution is 2.18. The molecule has 1 fully saturated rings. The number of carbonyl (C=O) groups is 1. The molecule has 1 aromatic carbocycles. The highest BCUT2D eigenvalue weighted by atomic mass is 35.5. The SMILES string of the molecule is CC(C)CN(CC(O)c1ccc(F)cc1)C(=O)CC1CCCN1.Cl. The molecule has 4 nitrogen and oxygen atoms in total. The number of rotatable bonds is 7. The fraction of sp³-hybridized carbons (Fsp3) is 0.611. The highest BCUT2D eigenvalue weighted by Gasteiger charge is 2.24. The summed E-state index contributed by atoms with van der Waals surface area (Å²) in [6.07, 6.45) is 1.82. The maximum atomic E-state index is 13.0. The summed E-state index contributed by atoms with van der Waals surface area (Å²) in [5.74, 6) is 0.0681. The zero-order chi connectivity index (χ0) is 16.8. The van der Waals surface area contributed by atoms with Gasteiger partial charge in [0.2, 0.25) is 5.91 Å². The minimum Gasteiger partial charge on any atom is -0.387 e. The van der Waals surface area contributed by atoms with E-state index in [0.717, 1.165) is 19.4 Å². The maximum Gasteiger partial charge on any atom is 0.224 e. The van der Waals surface area contributed by atoms with E-state index in [1.165, 1.54) is 12.1 Å². The molecule has 2 unspecified atom stereocenters. The molecule has 0 saturated carbocycles. The number of aliphatic hydroxyl groups excluding tert-OH is 1. The zero-order valence-corrected chi connectivity index (χ0v) is 15.2. The number of hydrogen-bond acceptors (Lipinski definition) is 3. The molecule has 24 heavy (non-hydrogen) atoms. The van der Waals surface area contributed by atoms with Crippen molar-refractivity contribution < 1.29 is 14.3 Å². The molecule has 0 bridgehead atoms. The summed E-state index contributed by atoms with van der Waals surface area (Å²) in [5.41, 5.74) is 0.631. The molecule has 1 amide bonds. The lowest BCUT2D eigenvalue weighted by Gasteiger charge is -2.28.